The first-order chi connectivity index (χ1) is 27.9. The van der Waals surface area contributed by atoms with Gasteiger partial charge in [0, 0.05) is 53.9 Å². The Kier molecular flexibility index (Phi) is 12.4. The first kappa shape index (κ1) is 40.5. The molecule has 2 heterocycles. The lowest BCUT2D eigenvalue weighted by atomic mass is 9.99. The summed E-state index contributed by atoms with van der Waals surface area (Å²) in [5.74, 6) is -1.99. The second-order valence-corrected chi connectivity index (χ2v) is 15.3. The average Bonchev–Trinajstić information content (AvgIpc) is 3.22. The minimum atomic E-state index is -4.43. The number of rotatable bonds is 12. The second kappa shape index (κ2) is 17.8. The zero-order valence-electron chi connectivity index (χ0n) is 31.5. The molecule has 2 aliphatic rings. The SMILES string of the molecule is C=C1C=C(SCc2cccc(F)c2F)N(CC(=O)N(Cc2ccc(-c3ccc(C(F)(F)F)cc3)cc2)C2CCN(CC(=O)Nc3ccccc3)CC2)c2ccccc21. The van der Waals surface area contributed by atoms with Crippen LogP contribution in [0.3, 0.4) is 0 Å². The first-order valence-corrected chi connectivity index (χ1v) is 19.9. The number of alkyl halides is 3. The lowest BCUT2D eigenvalue weighted by molar-refractivity contribution is -0.137. The summed E-state index contributed by atoms with van der Waals surface area (Å²) in [4.78, 5) is 33.4. The van der Waals surface area contributed by atoms with Crippen LogP contribution >= 0.6 is 11.8 Å². The van der Waals surface area contributed by atoms with E-state index in [1.54, 1.807) is 0 Å². The molecule has 0 saturated carbocycles. The number of thioether (sulfide) groups is 1. The number of anilines is 2. The van der Waals surface area contributed by atoms with E-state index in [0.29, 0.717) is 36.5 Å². The molecule has 5 aromatic carbocycles. The molecule has 0 spiro atoms. The number of fused-ring (bicyclic) bond motifs is 1. The van der Waals surface area contributed by atoms with Crippen molar-refractivity contribution in [2.75, 3.05) is 36.4 Å². The van der Waals surface area contributed by atoms with E-state index in [1.165, 1.54) is 36.0 Å². The lowest BCUT2D eigenvalue weighted by Gasteiger charge is -2.40. The number of para-hydroxylation sites is 2. The number of nitrogens with one attached hydrogen (secondary N) is 1. The van der Waals surface area contributed by atoms with Crippen LogP contribution in [0.2, 0.25) is 0 Å². The van der Waals surface area contributed by atoms with E-state index in [0.717, 1.165) is 51.8 Å². The maximum atomic E-state index is 14.7. The van der Waals surface area contributed by atoms with Crippen LogP contribution < -0.4 is 10.2 Å². The van der Waals surface area contributed by atoms with E-state index >= 15 is 0 Å². The molecule has 58 heavy (non-hydrogen) atoms. The normalized spacial score (nSPS) is 14.8. The van der Waals surface area contributed by atoms with Gasteiger partial charge < -0.3 is 15.1 Å². The Hall–Kier alpha value is -5.72. The van der Waals surface area contributed by atoms with E-state index in [9.17, 15) is 31.5 Å². The van der Waals surface area contributed by atoms with Gasteiger partial charge in [-0.3, -0.25) is 14.5 Å². The van der Waals surface area contributed by atoms with Crippen molar-refractivity contribution in [3.8, 4) is 11.1 Å². The van der Waals surface area contributed by atoms with Crippen LogP contribution in [0.4, 0.5) is 33.3 Å². The van der Waals surface area contributed by atoms with Gasteiger partial charge in [-0.25, -0.2) is 8.78 Å². The zero-order chi connectivity index (χ0) is 40.8. The van der Waals surface area contributed by atoms with Gasteiger partial charge in [-0.2, -0.15) is 13.2 Å². The van der Waals surface area contributed by atoms with E-state index in [1.807, 2.05) is 94.7 Å². The summed E-state index contributed by atoms with van der Waals surface area (Å²) in [5, 5.41) is 3.60. The van der Waals surface area contributed by atoms with Gasteiger partial charge in [-0.05, 0) is 77.6 Å². The molecule has 7 rings (SSSR count). The molecule has 6 nitrogen and oxygen atoms in total. The number of carbonyl (C=O) groups is 2. The summed E-state index contributed by atoms with van der Waals surface area (Å²) in [6, 6.07) is 33.2. The van der Waals surface area contributed by atoms with E-state index < -0.39 is 23.4 Å². The van der Waals surface area contributed by atoms with Crippen molar-refractivity contribution in [3.05, 3.63) is 173 Å². The van der Waals surface area contributed by atoms with Crippen molar-refractivity contribution < 1.29 is 31.5 Å². The Morgan fingerprint density at radius 1 is 0.793 bits per heavy atom. The van der Waals surface area contributed by atoms with Crippen molar-refractivity contribution in [2.24, 2.45) is 0 Å². The third-order valence-corrected chi connectivity index (χ3v) is 11.5. The minimum Gasteiger partial charge on any atom is -0.334 e. The number of hydrogen-bond donors (Lipinski definition) is 1. The average molecular weight is 809 g/mol. The van der Waals surface area contributed by atoms with Gasteiger partial charge >= 0.3 is 6.18 Å². The summed E-state index contributed by atoms with van der Waals surface area (Å²) >= 11 is 1.29. The second-order valence-electron chi connectivity index (χ2n) is 14.3. The van der Waals surface area contributed by atoms with Crippen molar-refractivity contribution in [1.82, 2.24) is 9.80 Å². The molecule has 0 aliphatic carbocycles. The van der Waals surface area contributed by atoms with Crippen LogP contribution in [0.15, 0.2) is 139 Å². The number of halogens is 5. The Bertz CT molecular complexity index is 2290. The predicted octanol–water partition coefficient (Wildman–Crippen LogP) is 10.4. The highest BCUT2D eigenvalue weighted by Gasteiger charge is 2.33. The summed E-state index contributed by atoms with van der Waals surface area (Å²) < 4.78 is 68.3. The largest absolute Gasteiger partial charge is 0.416 e. The van der Waals surface area contributed by atoms with Crippen LogP contribution in [0, 0.1) is 11.6 Å². The molecule has 12 heteroatoms. The Balaban J connectivity index is 1.11. The van der Waals surface area contributed by atoms with Crippen LogP contribution in [-0.4, -0.2) is 53.8 Å². The quantitative estimate of drug-likeness (QED) is 0.127. The molecule has 0 radical (unpaired) electrons. The van der Waals surface area contributed by atoms with Gasteiger partial charge in [0.05, 0.1) is 17.1 Å². The molecule has 1 saturated heterocycles. The molecule has 5 aromatic rings. The monoisotopic (exact) mass is 808 g/mol. The molecule has 1 N–H and O–H groups in total. The van der Waals surface area contributed by atoms with Gasteiger partial charge in [0.2, 0.25) is 11.8 Å². The summed E-state index contributed by atoms with van der Waals surface area (Å²) in [5.41, 5.74) is 4.77. The molecule has 2 amide bonds. The van der Waals surface area contributed by atoms with Crippen LogP contribution in [0.1, 0.15) is 35.1 Å². The van der Waals surface area contributed by atoms with E-state index in [-0.39, 0.29) is 48.8 Å². The zero-order valence-corrected chi connectivity index (χ0v) is 32.3. The van der Waals surface area contributed by atoms with Crippen LogP contribution in [0.5, 0.6) is 0 Å². The highest BCUT2D eigenvalue weighted by Crippen LogP contribution is 2.41. The molecule has 298 valence electrons. The number of amides is 2. The van der Waals surface area contributed by atoms with Gasteiger partial charge in [-0.15, -0.1) is 11.8 Å². The number of piperidine rings is 1. The highest BCUT2D eigenvalue weighted by atomic mass is 32.2. The van der Waals surface area contributed by atoms with Gasteiger partial charge in [0.15, 0.2) is 11.6 Å². The Morgan fingerprint density at radius 3 is 2.14 bits per heavy atom. The molecule has 2 aliphatic heterocycles. The number of nitrogens with zero attached hydrogens (tertiary/aromatic N) is 3. The van der Waals surface area contributed by atoms with Gasteiger partial charge in [0.25, 0.3) is 0 Å². The van der Waals surface area contributed by atoms with Crippen molar-refractivity contribution in [3.63, 3.8) is 0 Å². The maximum Gasteiger partial charge on any atom is 0.416 e. The third-order valence-electron chi connectivity index (χ3n) is 10.4. The summed E-state index contributed by atoms with van der Waals surface area (Å²) in [6.07, 6.45) is -1.32. The van der Waals surface area contributed by atoms with E-state index in [2.05, 4.69) is 16.8 Å². The fourth-order valence-corrected chi connectivity index (χ4v) is 8.38. The summed E-state index contributed by atoms with van der Waals surface area (Å²) in [7, 11) is 0. The number of benzene rings is 5. The molecule has 0 aromatic heterocycles. The molecular weight excluding hydrogens is 768 g/mol. The summed E-state index contributed by atoms with van der Waals surface area (Å²) in [6.45, 7) is 5.87. The molecule has 0 atom stereocenters. The number of carbonyl (C=O) groups excluding carboxylic acids is 2. The molecule has 1 fully saturated rings. The van der Waals surface area contributed by atoms with Crippen molar-refractivity contribution in [1.29, 1.82) is 0 Å². The number of hydrogen-bond acceptors (Lipinski definition) is 5. The minimum absolute atomic E-state index is 0.0436. The Labute approximate surface area is 338 Å². The van der Waals surface area contributed by atoms with Crippen molar-refractivity contribution >= 4 is 40.5 Å². The Morgan fingerprint density at radius 2 is 1.45 bits per heavy atom. The molecule has 0 unspecified atom stereocenters. The maximum absolute atomic E-state index is 14.7. The van der Waals surface area contributed by atoms with Crippen molar-refractivity contribution in [2.45, 2.75) is 37.4 Å². The van der Waals surface area contributed by atoms with Crippen LogP contribution in [-0.2, 0) is 28.1 Å². The first-order valence-electron chi connectivity index (χ1n) is 18.9. The van der Waals surface area contributed by atoms with E-state index in [4.69, 9.17) is 0 Å². The topological polar surface area (TPSA) is 55.9 Å². The lowest BCUT2D eigenvalue weighted by Crippen LogP contribution is -2.50. The van der Waals surface area contributed by atoms with Gasteiger partial charge in [0.1, 0.15) is 6.54 Å². The number of allylic oxidation sites excluding steroid dienone is 2. The smallest absolute Gasteiger partial charge is 0.334 e. The fraction of sp³-hybridized carbons (Fsp3) is 0.217. The molecule has 0 bridgehead atoms. The predicted molar refractivity (Wildman–Crippen MR) is 221 cm³/mol. The van der Waals surface area contributed by atoms with Crippen LogP contribution in [0.25, 0.3) is 16.7 Å². The standard InChI is InChI=1S/C46H41F5N4O2S/c1-31-26-44(58-30-35-8-7-12-40(47)45(35)48)55(41-13-6-5-11-39(31)41)29-43(57)54(38-22-24-53(25-23-38)28-42(56)52-37-9-3-2-4-10-37)27-32-14-16-33(17-15-32)34-18-20-36(21-19-34)46(49,50)51/h2-21,26,38H,1,22-25,27-30H2,(H,52,56). The fourth-order valence-electron chi connectivity index (χ4n) is 7.31. The third kappa shape index (κ3) is 9.69. The number of likely N-dealkylation sites (tertiary alicyclic amines) is 1. The highest BCUT2D eigenvalue weighted by molar-refractivity contribution is 8.02. The van der Waals surface area contributed by atoms with Gasteiger partial charge in [-0.1, -0.05) is 91.5 Å². The molecular formula is C46H41F5N4O2S.